The standard InChI is InChI=1S/C14H24N2O4/c1-11(17)16-7-12-6-15(13(18)8-19-2)5-4-14(12,9-16)10-20-3/h12H,4-10H2,1-3H3/t12-,14+/m1/s1. The Morgan fingerprint density at radius 1 is 1.20 bits per heavy atom. The molecule has 6 nitrogen and oxygen atoms in total. The summed E-state index contributed by atoms with van der Waals surface area (Å²) in [5.41, 5.74) is 0.00424. The number of piperidine rings is 1. The molecule has 2 saturated heterocycles. The summed E-state index contributed by atoms with van der Waals surface area (Å²) in [6.45, 7) is 5.24. The van der Waals surface area contributed by atoms with Crippen LogP contribution in [0, 0.1) is 11.3 Å². The lowest BCUT2D eigenvalue weighted by molar-refractivity contribution is -0.139. The third-order valence-electron chi connectivity index (χ3n) is 4.63. The normalized spacial score (nSPS) is 29.4. The molecule has 2 aliphatic rings. The molecule has 2 heterocycles. The van der Waals surface area contributed by atoms with Gasteiger partial charge in [-0.05, 0) is 6.42 Å². The topological polar surface area (TPSA) is 59.1 Å². The first-order valence-corrected chi connectivity index (χ1v) is 7.03. The first-order valence-electron chi connectivity index (χ1n) is 7.03. The van der Waals surface area contributed by atoms with Gasteiger partial charge in [-0.2, -0.15) is 0 Å². The van der Waals surface area contributed by atoms with Crippen LogP contribution in [0.1, 0.15) is 13.3 Å². The highest BCUT2D eigenvalue weighted by molar-refractivity contribution is 5.77. The van der Waals surface area contributed by atoms with Crippen molar-refractivity contribution in [1.29, 1.82) is 0 Å². The van der Waals surface area contributed by atoms with Crippen molar-refractivity contribution in [2.45, 2.75) is 13.3 Å². The van der Waals surface area contributed by atoms with E-state index in [1.165, 1.54) is 7.11 Å². The molecule has 0 spiro atoms. The van der Waals surface area contributed by atoms with Gasteiger partial charge in [0.15, 0.2) is 0 Å². The zero-order valence-corrected chi connectivity index (χ0v) is 12.6. The largest absolute Gasteiger partial charge is 0.384 e. The molecular formula is C14H24N2O4. The number of amides is 2. The van der Waals surface area contributed by atoms with Gasteiger partial charge in [0.2, 0.25) is 11.8 Å². The molecule has 0 aromatic heterocycles. The van der Waals surface area contributed by atoms with Crippen molar-refractivity contribution >= 4 is 11.8 Å². The Morgan fingerprint density at radius 2 is 1.90 bits per heavy atom. The molecule has 0 saturated carbocycles. The van der Waals surface area contributed by atoms with Crippen LogP contribution in [0.3, 0.4) is 0 Å². The molecule has 2 atom stereocenters. The summed E-state index contributed by atoms with van der Waals surface area (Å²) >= 11 is 0. The molecule has 0 aromatic carbocycles. The third-order valence-corrected chi connectivity index (χ3v) is 4.63. The number of likely N-dealkylation sites (tertiary alicyclic amines) is 2. The number of carbonyl (C=O) groups is 2. The molecule has 6 heteroatoms. The van der Waals surface area contributed by atoms with Crippen molar-refractivity contribution in [3.05, 3.63) is 0 Å². The summed E-state index contributed by atoms with van der Waals surface area (Å²) in [5.74, 6) is 0.422. The maximum atomic E-state index is 12.0. The molecule has 2 aliphatic heterocycles. The van der Waals surface area contributed by atoms with Gasteiger partial charge in [0.1, 0.15) is 6.61 Å². The van der Waals surface area contributed by atoms with Crippen LogP contribution in [-0.2, 0) is 19.1 Å². The monoisotopic (exact) mass is 284 g/mol. The Bertz CT molecular complexity index is 387. The summed E-state index contributed by atoms with van der Waals surface area (Å²) in [7, 11) is 3.23. The number of carbonyl (C=O) groups excluding carboxylic acids is 2. The van der Waals surface area contributed by atoms with Crippen LogP contribution in [0.2, 0.25) is 0 Å². The minimum Gasteiger partial charge on any atom is -0.384 e. The highest BCUT2D eigenvalue weighted by atomic mass is 16.5. The van der Waals surface area contributed by atoms with E-state index in [-0.39, 0.29) is 23.8 Å². The van der Waals surface area contributed by atoms with E-state index in [1.807, 2.05) is 9.80 Å². The summed E-state index contributed by atoms with van der Waals surface area (Å²) in [5, 5.41) is 0. The summed E-state index contributed by atoms with van der Waals surface area (Å²) in [6, 6.07) is 0. The van der Waals surface area contributed by atoms with Crippen LogP contribution in [0.4, 0.5) is 0 Å². The molecule has 20 heavy (non-hydrogen) atoms. The van der Waals surface area contributed by atoms with Gasteiger partial charge < -0.3 is 19.3 Å². The lowest BCUT2D eigenvalue weighted by Crippen LogP contribution is -2.51. The second kappa shape index (κ2) is 6.10. The highest BCUT2D eigenvalue weighted by Gasteiger charge is 2.50. The van der Waals surface area contributed by atoms with Gasteiger partial charge in [-0.25, -0.2) is 0 Å². The predicted molar refractivity (Wildman–Crippen MR) is 73.1 cm³/mol. The van der Waals surface area contributed by atoms with Crippen molar-refractivity contribution in [3.8, 4) is 0 Å². The number of methoxy groups -OCH3 is 2. The zero-order valence-electron chi connectivity index (χ0n) is 12.6. The maximum Gasteiger partial charge on any atom is 0.248 e. The van der Waals surface area contributed by atoms with Gasteiger partial charge in [0.05, 0.1) is 6.61 Å². The fourth-order valence-corrected chi connectivity index (χ4v) is 3.49. The highest BCUT2D eigenvalue weighted by Crippen LogP contribution is 2.43. The first kappa shape index (κ1) is 15.3. The van der Waals surface area contributed by atoms with E-state index in [4.69, 9.17) is 9.47 Å². The molecule has 2 rings (SSSR count). The van der Waals surface area contributed by atoms with Crippen LogP contribution in [-0.4, -0.2) is 75.2 Å². The fourth-order valence-electron chi connectivity index (χ4n) is 3.49. The van der Waals surface area contributed by atoms with Crippen LogP contribution in [0.15, 0.2) is 0 Å². The molecule has 0 radical (unpaired) electrons. The Balaban J connectivity index is 2.09. The van der Waals surface area contributed by atoms with E-state index >= 15 is 0 Å². The quantitative estimate of drug-likeness (QED) is 0.728. The van der Waals surface area contributed by atoms with E-state index in [1.54, 1.807) is 14.0 Å². The second-order valence-electron chi connectivity index (χ2n) is 5.91. The predicted octanol–water partition coefficient (Wildman–Crippen LogP) is -0.0238. The lowest BCUT2D eigenvalue weighted by Gasteiger charge is -2.42. The Morgan fingerprint density at radius 3 is 2.50 bits per heavy atom. The summed E-state index contributed by atoms with van der Waals surface area (Å²) < 4.78 is 10.3. The number of nitrogens with zero attached hydrogens (tertiary/aromatic N) is 2. The van der Waals surface area contributed by atoms with E-state index < -0.39 is 0 Å². The zero-order chi connectivity index (χ0) is 14.8. The van der Waals surface area contributed by atoms with Crippen molar-refractivity contribution < 1.29 is 19.1 Å². The maximum absolute atomic E-state index is 12.0. The van der Waals surface area contributed by atoms with E-state index in [9.17, 15) is 9.59 Å². The first-order chi connectivity index (χ1) is 9.52. The Labute approximate surface area is 120 Å². The van der Waals surface area contributed by atoms with Gasteiger partial charge in [-0.1, -0.05) is 0 Å². The number of hydrogen-bond acceptors (Lipinski definition) is 4. The molecular weight excluding hydrogens is 260 g/mol. The summed E-state index contributed by atoms with van der Waals surface area (Å²) in [6.07, 6.45) is 0.880. The smallest absolute Gasteiger partial charge is 0.248 e. The van der Waals surface area contributed by atoms with Gasteiger partial charge in [-0.3, -0.25) is 9.59 Å². The Hall–Kier alpha value is -1.14. The molecule has 2 amide bonds. The molecule has 2 fully saturated rings. The number of hydrogen-bond donors (Lipinski definition) is 0. The SMILES string of the molecule is COCC(=O)N1CC[C@@]2(COC)CN(C(C)=O)C[C@H]2C1. The minimum atomic E-state index is 0.00424. The third kappa shape index (κ3) is 2.81. The van der Waals surface area contributed by atoms with Crippen LogP contribution in [0.5, 0.6) is 0 Å². The van der Waals surface area contributed by atoms with E-state index in [0.29, 0.717) is 25.6 Å². The van der Waals surface area contributed by atoms with Gasteiger partial charge in [0.25, 0.3) is 0 Å². The van der Waals surface area contributed by atoms with Gasteiger partial charge in [0, 0.05) is 58.7 Å². The van der Waals surface area contributed by atoms with Crippen molar-refractivity contribution in [1.82, 2.24) is 9.80 Å². The lowest BCUT2D eigenvalue weighted by atomic mass is 9.73. The van der Waals surface area contributed by atoms with E-state index in [2.05, 4.69) is 0 Å². The van der Waals surface area contributed by atoms with Crippen molar-refractivity contribution in [2.24, 2.45) is 11.3 Å². The molecule has 0 aliphatic carbocycles. The summed E-state index contributed by atoms with van der Waals surface area (Å²) in [4.78, 5) is 27.3. The molecule has 0 bridgehead atoms. The minimum absolute atomic E-state index is 0.00424. The van der Waals surface area contributed by atoms with Crippen LogP contribution < -0.4 is 0 Å². The average Bonchev–Trinajstić information content (AvgIpc) is 2.78. The second-order valence-corrected chi connectivity index (χ2v) is 5.91. The molecule has 0 aromatic rings. The average molecular weight is 284 g/mol. The molecule has 114 valence electrons. The number of fused-ring (bicyclic) bond motifs is 1. The van der Waals surface area contributed by atoms with E-state index in [0.717, 1.165) is 19.5 Å². The molecule has 0 N–H and O–H groups in total. The number of ether oxygens (including phenoxy) is 2. The van der Waals surface area contributed by atoms with Crippen LogP contribution in [0.25, 0.3) is 0 Å². The molecule has 0 unspecified atom stereocenters. The number of rotatable bonds is 4. The van der Waals surface area contributed by atoms with Crippen molar-refractivity contribution in [2.75, 3.05) is 53.6 Å². The fraction of sp³-hybridized carbons (Fsp3) is 0.857. The van der Waals surface area contributed by atoms with Crippen molar-refractivity contribution in [3.63, 3.8) is 0 Å². The van der Waals surface area contributed by atoms with Crippen LogP contribution >= 0.6 is 0 Å². The van der Waals surface area contributed by atoms with Gasteiger partial charge >= 0.3 is 0 Å². The van der Waals surface area contributed by atoms with Gasteiger partial charge in [-0.15, -0.1) is 0 Å². The Kier molecular flexibility index (Phi) is 4.65.